The number of aryl methyl sites for hydroxylation is 1. The minimum atomic E-state index is -0.864. The molecule has 7 nitrogen and oxygen atoms in total. The molecule has 3 rings (SSSR count). The number of hydrogen-bond acceptors (Lipinski definition) is 4. The average Bonchev–Trinajstić information content (AvgIpc) is 3.04. The molecule has 1 aromatic rings. The van der Waals surface area contributed by atoms with Crippen LogP contribution in [-0.4, -0.2) is 79.4 Å². The Morgan fingerprint density at radius 1 is 1.37 bits per heavy atom. The number of likely N-dealkylation sites (N-methyl/N-ethyl adjacent to an activating group) is 1. The van der Waals surface area contributed by atoms with E-state index in [1.807, 2.05) is 0 Å². The highest BCUT2D eigenvalue weighted by atomic mass is 16.5. The molecule has 27 heavy (non-hydrogen) atoms. The third kappa shape index (κ3) is 5.43. The van der Waals surface area contributed by atoms with E-state index in [4.69, 9.17) is 9.84 Å². The third-order valence-electron chi connectivity index (χ3n) is 5.37. The first-order chi connectivity index (χ1) is 13.0. The molecule has 1 aliphatic carbocycles. The van der Waals surface area contributed by atoms with E-state index in [1.54, 1.807) is 16.8 Å². The van der Waals surface area contributed by atoms with Crippen molar-refractivity contribution in [2.75, 3.05) is 46.4 Å². The Labute approximate surface area is 160 Å². The van der Waals surface area contributed by atoms with Crippen LogP contribution in [0.15, 0.2) is 24.3 Å². The summed E-state index contributed by atoms with van der Waals surface area (Å²) in [5.41, 5.74) is 2.87. The van der Waals surface area contributed by atoms with Gasteiger partial charge in [0.15, 0.2) is 0 Å². The van der Waals surface area contributed by atoms with Gasteiger partial charge < -0.3 is 20.1 Å². The normalized spacial score (nSPS) is 21.9. The van der Waals surface area contributed by atoms with Crippen LogP contribution < -0.4 is 5.32 Å². The Kier molecular flexibility index (Phi) is 6.68. The van der Waals surface area contributed by atoms with Gasteiger partial charge in [0.25, 0.3) is 0 Å². The lowest BCUT2D eigenvalue weighted by Gasteiger charge is -2.34. The molecule has 2 amide bonds. The van der Waals surface area contributed by atoms with Crippen molar-refractivity contribution in [2.45, 2.75) is 31.3 Å². The number of carbonyl (C=O) groups is 2. The number of carboxylic acid groups (broad SMARTS) is 1. The maximum Gasteiger partial charge on any atom is 0.317 e. The Morgan fingerprint density at radius 2 is 2.19 bits per heavy atom. The summed E-state index contributed by atoms with van der Waals surface area (Å²) in [7, 11) is 1.75. The number of nitrogens with zero attached hydrogens (tertiary/aromatic N) is 2. The lowest BCUT2D eigenvalue weighted by atomic mass is 9.98. The second kappa shape index (κ2) is 9.19. The molecule has 0 aromatic heterocycles. The molecule has 2 N–H and O–H groups in total. The number of hydrogen-bond donors (Lipinski definition) is 2. The molecule has 1 aromatic carbocycles. The van der Waals surface area contributed by atoms with Crippen molar-refractivity contribution >= 4 is 12.0 Å². The molecule has 1 aliphatic heterocycles. The highest BCUT2D eigenvalue weighted by Gasteiger charge is 2.26. The molecule has 0 saturated carbocycles. The van der Waals surface area contributed by atoms with E-state index < -0.39 is 5.97 Å². The van der Waals surface area contributed by atoms with Gasteiger partial charge in [0.2, 0.25) is 0 Å². The van der Waals surface area contributed by atoms with E-state index in [2.05, 4.69) is 29.6 Å². The first kappa shape index (κ1) is 19.6. The van der Waals surface area contributed by atoms with Crippen molar-refractivity contribution in [1.82, 2.24) is 15.1 Å². The van der Waals surface area contributed by atoms with Crippen LogP contribution in [0.4, 0.5) is 4.79 Å². The number of benzene rings is 1. The van der Waals surface area contributed by atoms with E-state index in [-0.39, 0.29) is 18.7 Å². The molecule has 0 bridgehead atoms. The molecule has 2 unspecified atom stereocenters. The second-order valence-electron chi connectivity index (χ2n) is 7.48. The van der Waals surface area contributed by atoms with Gasteiger partial charge in [-0.25, -0.2) is 4.79 Å². The number of carboxylic acids is 1. The molecular formula is C20H29N3O4. The molecular weight excluding hydrogens is 346 g/mol. The fraction of sp³-hybridized carbons (Fsp3) is 0.600. The highest BCUT2D eigenvalue weighted by molar-refractivity contribution is 5.74. The number of aliphatic carboxylic acids is 1. The monoisotopic (exact) mass is 375 g/mol. The summed E-state index contributed by atoms with van der Waals surface area (Å²) in [4.78, 5) is 26.7. The molecule has 148 valence electrons. The fourth-order valence-electron chi connectivity index (χ4n) is 4.07. The smallest absolute Gasteiger partial charge is 0.317 e. The summed E-state index contributed by atoms with van der Waals surface area (Å²) in [5.74, 6) is -0.333. The van der Waals surface area contributed by atoms with Crippen molar-refractivity contribution in [3.05, 3.63) is 35.4 Å². The summed E-state index contributed by atoms with van der Waals surface area (Å²) >= 11 is 0. The zero-order chi connectivity index (χ0) is 19.2. The number of nitrogens with one attached hydrogen (secondary N) is 1. The van der Waals surface area contributed by atoms with Crippen LogP contribution in [0.3, 0.4) is 0 Å². The lowest BCUT2D eigenvalue weighted by molar-refractivity contribution is -0.138. The number of rotatable bonds is 7. The van der Waals surface area contributed by atoms with Crippen LogP contribution in [-0.2, 0) is 16.0 Å². The van der Waals surface area contributed by atoms with Crippen LogP contribution >= 0.6 is 0 Å². The van der Waals surface area contributed by atoms with Crippen LogP contribution in [0.25, 0.3) is 0 Å². The first-order valence-corrected chi connectivity index (χ1v) is 9.65. The molecule has 1 heterocycles. The quantitative estimate of drug-likeness (QED) is 0.755. The molecule has 0 spiro atoms. The standard InChI is InChI=1S/C20H29N3O4/c1-22(14-19(24)25)12-17-13-23(10-11-27-17)20(26)21-9-8-16-7-6-15-4-2-3-5-18(15)16/h2-5,16-17H,6-14H2,1H3,(H,21,26)(H,24,25). The maximum atomic E-state index is 12.5. The first-order valence-electron chi connectivity index (χ1n) is 9.65. The largest absolute Gasteiger partial charge is 0.480 e. The molecule has 1 saturated heterocycles. The topological polar surface area (TPSA) is 82.1 Å². The van der Waals surface area contributed by atoms with Gasteiger partial charge in [0, 0.05) is 26.2 Å². The number of ether oxygens (including phenoxy) is 1. The van der Waals surface area contributed by atoms with E-state index in [0.29, 0.717) is 38.7 Å². The maximum absolute atomic E-state index is 12.5. The van der Waals surface area contributed by atoms with E-state index in [9.17, 15) is 9.59 Å². The average molecular weight is 375 g/mol. The molecule has 7 heteroatoms. The highest BCUT2D eigenvalue weighted by Crippen LogP contribution is 2.34. The van der Waals surface area contributed by atoms with Gasteiger partial charge in [-0.05, 0) is 43.4 Å². The summed E-state index contributed by atoms with van der Waals surface area (Å²) in [6.07, 6.45) is 3.09. The second-order valence-corrected chi connectivity index (χ2v) is 7.48. The van der Waals surface area contributed by atoms with Crippen molar-refractivity contribution in [3.8, 4) is 0 Å². The van der Waals surface area contributed by atoms with Crippen molar-refractivity contribution in [2.24, 2.45) is 0 Å². The van der Waals surface area contributed by atoms with Crippen LogP contribution in [0, 0.1) is 0 Å². The Morgan fingerprint density at radius 3 is 3.00 bits per heavy atom. The van der Waals surface area contributed by atoms with Gasteiger partial charge in [-0.1, -0.05) is 24.3 Å². The zero-order valence-electron chi connectivity index (χ0n) is 15.9. The van der Waals surface area contributed by atoms with Gasteiger partial charge in [-0.3, -0.25) is 9.69 Å². The van der Waals surface area contributed by atoms with Crippen LogP contribution in [0.1, 0.15) is 29.9 Å². The molecule has 0 radical (unpaired) electrons. The van der Waals surface area contributed by atoms with Gasteiger partial charge in [-0.2, -0.15) is 0 Å². The zero-order valence-corrected chi connectivity index (χ0v) is 15.9. The molecule has 2 atom stereocenters. The summed E-state index contributed by atoms with van der Waals surface area (Å²) in [6, 6.07) is 8.52. The van der Waals surface area contributed by atoms with Gasteiger partial charge in [0.1, 0.15) is 0 Å². The summed E-state index contributed by atoms with van der Waals surface area (Å²) in [6.45, 7) is 2.66. The number of morpholine rings is 1. The Balaban J connectivity index is 1.41. The number of carbonyl (C=O) groups excluding carboxylic acids is 1. The summed E-state index contributed by atoms with van der Waals surface area (Å²) < 4.78 is 5.68. The van der Waals surface area contributed by atoms with Gasteiger partial charge >= 0.3 is 12.0 Å². The predicted molar refractivity (Wildman–Crippen MR) is 102 cm³/mol. The fourth-order valence-corrected chi connectivity index (χ4v) is 4.07. The van der Waals surface area contributed by atoms with Gasteiger partial charge in [0.05, 0.1) is 19.3 Å². The van der Waals surface area contributed by atoms with Crippen LogP contribution in [0.5, 0.6) is 0 Å². The van der Waals surface area contributed by atoms with Gasteiger partial charge in [-0.15, -0.1) is 0 Å². The summed E-state index contributed by atoms with van der Waals surface area (Å²) in [5, 5.41) is 11.9. The van der Waals surface area contributed by atoms with E-state index in [1.165, 1.54) is 11.1 Å². The Bertz CT molecular complexity index is 666. The molecule has 1 fully saturated rings. The minimum Gasteiger partial charge on any atom is -0.480 e. The SMILES string of the molecule is CN(CC(=O)O)CC1CN(C(=O)NCCC2CCc3ccccc32)CCO1. The van der Waals surface area contributed by atoms with E-state index >= 15 is 0 Å². The number of urea groups is 1. The van der Waals surface area contributed by atoms with Crippen molar-refractivity contribution in [1.29, 1.82) is 0 Å². The Hall–Kier alpha value is -2.12. The lowest BCUT2D eigenvalue weighted by Crippen LogP contribution is -2.52. The molecule has 2 aliphatic rings. The van der Waals surface area contributed by atoms with Crippen molar-refractivity contribution < 1.29 is 19.4 Å². The number of amides is 2. The third-order valence-corrected chi connectivity index (χ3v) is 5.37. The van der Waals surface area contributed by atoms with E-state index in [0.717, 1.165) is 19.3 Å². The number of fused-ring (bicyclic) bond motifs is 1. The predicted octanol–water partition coefficient (Wildman–Crippen LogP) is 1.53. The van der Waals surface area contributed by atoms with Crippen molar-refractivity contribution in [3.63, 3.8) is 0 Å². The van der Waals surface area contributed by atoms with Crippen LogP contribution in [0.2, 0.25) is 0 Å². The minimum absolute atomic E-state index is 0.0328.